The van der Waals surface area contributed by atoms with E-state index in [1.54, 1.807) is 7.11 Å². The third-order valence-corrected chi connectivity index (χ3v) is 5.27. The highest BCUT2D eigenvalue weighted by atomic mass is 16.6. The minimum atomic E-state index is -0.488. The minimum Gasteiger partial charge on any atom is -0.493 e. The number of hydrogen-bond acceptors (Lipinski definition) is 8. The number of benzene rings is 2. The Morgan fingerprint density at radius 2 is 1.88 bits per heavy atom. The van der Waals surface area contributed by atoms with E-state index in [0.29, 0.717) is 43.6 Å². The van der Waals surface area contributed by atoms with Crippen molar-refractivity contribution in [3.8, 4) is 17.2 Å². The van der Waals surface area contributed by atoms with Gasteiger partial charge in [0.25, 0.3) is 11.6 Å². The van der Waals surface area contributed by atoms with E-state index in [0.717, 1.165) is 18.7 Å². The van der Waals surface area contributed by atoms with Crippen LogP contribution in [-0.2, 0) is 9.53 Å². The van der Waals surface area contributed by atoms with Gasteiger partial charge < -0.3 is 24.3 Å². The van der Waals surface area contributed by atoms with Gasteiger partial charge in [-0.1, -0.05) is 6.07 Å². The number of hydrogen-bond donors (Lipinski definition) is 1. The molecule has 1 saturated heterocycles. The van der Waals surface area contributed by atoms with E-state index in [9.17, 15) is 14.9 Å². The molecule has 0 aromatic heterocycles. The smallest absolute Gasteiger partial charge is 0.269 e. The highest BCUT2D eigenvalue weighted by Crippen LogP contribution is 2.32. The molecule has 3 rings (SSSR count). The molecule has 1 aliphatic rings. The number of nitrogens with zero attached hydrogens (tertiary/aromatic N) is 2. The van der Waals surface area contributed by atoms with Crippen molar-refractivity contribution in [2.24, 2.45) is 0 Å². The number of nitrogens with one attached hydrogen (secondary N) is 1. The molecule has 1 amide bonds. The molecule has 33 heavy (non-hydrogen) atoms. The summed E-state index contributed by atoms with van der Waals surface area (Å²) in [6.07, 6.45) is 0. The summed E-state index contributed by atoms with van der Waals surface area (Å²) in [6, 6.07) is 11.3. The quantitative estimate of drug-likeness (QED) is 0.403. The van der Waals surface area contributed by atoms with Gasteiger partial charge in [-0.05, 0) is 36.8 Å². The summed E-state index contributed by atoms with van der Waals surface area (Å²) in [5.74, 6) is 1.41. The van der Waals surface area contributed by atoms with Crippen LogP contribution in [0.3, 0.4) is 0 Å². The van der Waals surface area contributed by atoms with Gasteiger partial charge in [0.1, 0.15) is 5.75 Å². The van der Waals surface area contributed by atoms with Crippen molar-refractivity contribution in [2.45, 2.75) is 13.0 Å². The van der Waals surface area contributed by atoms with E-state index < -0.39 is 4.92 Å². The lowest BCUT2D eigenvalue weighted by atomic mass is 10.0. The van der Waals surface area contributed by atoms with E-state index in [4.69, 9.17) is 18.9 Å². The number of non-ortho nitro benzene ring substituents is 1. The molecule has 178 valence electrons. The Hall–Kier alpha value is -3.37. The van der Waals surface area contributed by atoms with Crippen LogP contribution in [0.5, 0.6) is 17.2 Å². The van der Waals surface area contributed by atoms with E-state index in [2.05, 4.69) is 10.2 Å². The third-order valence-electron chi connectivity index (χ3n) is 5.27. The molecule has 1 aliphatic heterocycles. The van der Waals surface area contributed by atoms with Crippen molar-refractivity contribution in [3.05, 3.63) is 58.1 Å². The van der Waals surface area contributed by atoms with Crippen molar-refractivity contribution in [1.29, 1.82) is 0 Å². The molecule has 0 bridgehead atoms. The standard InChI is InChI=1S/C23H29N3O7/c1-3-32-21-9-4-17(14-22(21)30-2)20(25-10-12-31-13-11-25)15-24-23(27)16-33-19-7-5-18(6-8-19)26(28)29/h4-9,14,20H,3,10-13,15-16H2,1-2H3,(H,24,27). The lowest BCUT2D eigenvalue weighted by molar-refractivity contribution is -0.384. The molecule has 1 heterocycles. The summed E-state index contributed by atoms with van der Waals surface area (Å²) in [4.78, 5) is 25.0. The monoisotopic (exact) mass is 459 g/mol. The molecule has 0 spiro atoms. The van der Waals surface area contributed by atoms with Crippen molar-refractivity contribution >= 4 is 11.6 Å². The van der Waals surface area contributed by atoms with Crippen LogP contribution in [0.1, 0.15) is 18.5 Å². The van der Waals surface area contributed by atoms with Crippen molar-refractivity contribution in [1.82, 2.24) is 10.2 Å². The van der Waals surface area contributed by atoms with Gasteiger partial charge in [-0.3, -0.25) is 19.8 Å². The number of ether oxygens (including phenoxy) is 4. The predicted molar refractivity (Wildman–Crippen MR) is 121 cm³/mol. The molecular weight excluding hydrogens is 430 g/mol. The lowest BCUT2D eigenvalue weighted by Gasteiger charge is -2.35. The Balaban J connectivity index is 1.64. The first-order chi connectivity index (χ1) is 16.0. The average Bonchev–Trinajstić information content (AvgIpc) is 2.84. The summed E-state index contributed by atoms with van der Waals surface area (Å²) in [5, 5.41) is 13.7. The molecule has 1 N–H and O–H groups in total. The van der Waals surface area contributed by atoms with Crippen LogP contribution in [0.2, 0.25) is 0 Å². The fourth-order valence-corrected chi connectivity index (χ4v) is 3.59. The van der Waals surface area contributed by atoms with Crippen LogP contribution in [0.15, 0.2) is 42.5 Å². The maximum atomic E-state index is 12.4. The number of nitro benzene ring substituents is 1. The lowest BCUT2D eigenvalue weighted by Crippen LogP contribution is -2.44. The first kappa shape index (κ1) is 24.3. The predicted octanol–water partition coefficient (Wildman–Crippen LogP) is 2.57. The fraction of sp³-hybridized carbons (Fsp3) is 0.435. The number of amides is 1. The van der Waals surface area contributed by atoms with Crippen molar-refractivity contribution in [3.63, 3.8) is 0 Å². The Morgan fingerprint density at radius 1 is 1.15 bits per heavy atom. The SMILES string of the molecule is CCOc1ccc(C(CNC(=O)COc2ccc([N+](=O)[O-])cc2)N2CCOCC2)cc1OC. The van der Waals surface area contributed by atoms with Crippen LogP contribution in [-0.4, -0.2) is 68.9 Å². The normalized spacial score (nSPS) is 14.8. The molecule has 1 atom stereocenters. The first-order valence-electron chi connectivity index (χ1n) is 10.8. The topological polar surface area (TPSA) is 112 Å². The molecule has 10 heteroatoms. The molecule has 2 aromatic carbocycles. The molecule has 1 fully saturated rings. The van der Waals surface area contributed by atoms with E-state index in [-0.39, 0.29) is 24.2 Å². The van der Waals surface area contributed by atoms with Gasteiger partial charge in [-0.25, -0.2) is 0 Å². The summed E-state index contributed by atoms with van der Waals surface area (Å²) in [5.41, 5.74) is 0.958. The maximum absolute atomic E-state index is 12.4. The summed E-state index contributed by atoms with van der Waals surface area (Å²) in [6.45, 7) is 5.37. The van der Waals surface area contributed by atoms with Crippen LogP contribution in [0, 0.1) is 10.1 Å². The second-order valence-electron chi connectivity index (χ2n) is 7.35. The molecular formula is C23H29N3O7. The molecule has 0 aliphatic carbocycles. The molecule has 10 nitrogen and oxygen atoms in total. The number of carbonyl (C=O) groups is 1. The van der Waals surface area contributed by atoms with Crippen LogP contribution >= 0.6 is 0 Å². The van der Waals surface area contributed by atoms with Gasteiger partial charge >= 0.3 is 0 Å². The molecule has 1 unspecified atom stereocenters. The number of rotatable bonds is 11. The highest BCUT2D eigenvalue weighted by molar-refractivity contribution is 5.77. The van der Waals surface area contributed by atoms with Gasteiger partial charge in [0, 0.05) is 31.8 Å². The van der Waals surface area contributed by atoms with Gasteiger partial charge in [0.05, 0.1) is 37.9 Å². The largest absolute Gasteiger partial charge is 0.493 e. The van der Waals surface area contributed by atoms with E-state index >= 15 is 0 Å². The second-order valence-corrected chi connectivity index (χ2v) is 7.35. The first-order valence-corrected chi connectivity index (χ1v) is 10.8. The molecule has 0 radical (unpaired) electrons. The van der Waals surface area contributed by atoms with Gasteiger partial charge in [-0.15, -0.1) is 0 Å². The maximum Gasteiger partial charge on any atom is 0.269 e. The highest BCUT2D eigenvalue weighted by Gasteiger charge is 2.24. The van der Waals surface area contributed by atoms with Gasteiger partial charge in [0.15, 0.2) is 18.1 Å². The van der Waals surface area contributed by atoms with E-state index in [1.165, 1.54) is 24.3 Å². The third kappa shape index (κ3) is 6.80. The Labute approximate surface area is 192 Å². The zero-order valence-electron chi connectivity index (χ0n) is 18.8. The molecule has 2 aromatic rings. The zero-order valence-corrected chi connectivity index (χ0v) is 18.8. The number of carbonyl (C=O) groups excluding carboxylic acids is 1. The fourth-order valence-electron chi connectivity index (χ4n) is 3.59. The van der Waals surface area contributed by atoms with Gasteiger partial charge in [0.2, 0.25) is 0 Å². The van der Waals surface area contributed by atoms with Crippen molar-refractivity contribution < 1.29 is 28.7 Å². The Kier molecular flexibility index (Phi) is 8.85. The Morgan fingerprint density at radius 3 is 2.52 bits per heavy atom. The number of methoxy groups -OCH3 is 1. The van der Waals surface area contributed by atoms with E-state index in [1.807, 2.05) is 25.1 Å². The van der Waals surface area contributed by atoms with Crippen LogP contribution in [0.25, 0.3) is 0 Å². The summed E-state index contributed by atoms with van der Waals surface area (Å²) < 4.78 is 22.1. The zero-order chi connectivity index (χ0) is 23.6. The minimum absolute atomic E-state index is 0.0362. The average molecular weight is 459 g/mol. The Bertz CT molecular complexity index is 930. The van der Waals surface area contributed by atoms with Crippen molar-refractivity contribution in [2.75, 3.05) is 53.2 Å². The molecule has 0 saturated carbocycles. The second kappa shape index (κ2) is 12.0. The summed E-state index contributed by atoms with van der Waals surface area (Å²) >= 11 is 0. The van der Waals surface area contributed by atoms with Gasteiger partial charge in [-0.2, -0.15) is 0 Å². The number of morpholine rings is 1. The number of nitro groups is 1. The van der Waals surface area contributed by atoms with Crippen LogP contribution < -0.4 is 19.5 Å². The summed E-state index contributed by atoms with van der Waals surface area (Å²) in [7, 11) is 1.60. The van der Waals surface area contributed by atoms with Crippen LogP contribution in [0.4, 0.5) is 5.69 Å².